The van der Waals surface area contributed by atoms with Gasteiger partial charge < -0.3 is 14.5 Å². The third-order valence-electron chi connectivity index (χ3n) is 5.57. The third-order valence-corrected chi connectivity index (χ3v) is 5.57. The second kappa shape index (κ2) is 8.05. The molecule has 0 unspecified atom stereocenters. The molecule has 4 aromatic heterocycles. The van der Waals surface area contributed by atoms with Gasteiger partial charge in [0.05, 0.1) is 11.1 Å². The topological polar surface area (TPSA) is 86.3 Å². The SMILES string of the molecule is Cc1cc(C)c2c(OCC(=O)Nc3ccc(-c4cn5cccc(C)c5n4)cc3)nn(C)c2n1. The van der Waals surface area contributed by atoms with Crippen LogP contribution in [0.4, 0.5) is 5.69 Å². The minimum absolute atomic E-state index is 0.146. The lowest BCUT2D eigenvalue weighted by Gasteiger charge is -2.07. The number of carbonyl (C=O) groups is 1. The van der Waals surface area contributed by atoms with Gasteiger partial charge in [-0.15, -0.1) is 5.10 Å². The number of aryl methyl sites for hydroxylation is 4. The van der Waals surface area contributed by atoms with Crippen LogP contribution < -0.4 is 10.1 Å². The predicted octanol–water partition coefficient (Wildman–Crippen LogP) is 4.23. The van der Waals surface area contributed by atoms with Gasteiger partial charge in [0.1, 0.15) is 5.65 Å². The Balaban J connectivity index is 1.27. The maximum Gasteiger partial charge on any atom is 0.262 e. The highest BCUT2D eigenvalue weighted by molar-refractivity contribution is 5.92. The number of ether oxygens (including phenoxy) is 1. The molecule has 4 heterocycles. The molecule has 0 bridgehead atoms. The van der Waals surface area contributed by atoms with Crippen LogP contribution in [0.15, 0.2) is 54.9 Å². The molecule has 0 spiro atoms. The standard InChI is InChI=1S/C25H24N6O2/c1-15-6-5-11-31-13-20(28-23(15)31)18-7-9-19(10-8-18)27-21(32)14-33-25-22-16(2)12-17(3)26-24(22)30(4)29-25/h5-13H,14H2,1-4H3,(H,27,32). The molecule has 5 aromatic rings. The van der Waals surface area contributed by atoms with Gasteiger partial charge in [-0.25, -0.2) is 14.6 Å². The van der Waals surface area contributed by atoms with Gasteiger partial charge in [-0.05, 0) is 56.2 Å². The van der Waals surface area contributed by atoms with E-state index in [4.69, 9.17) is 9.72 Å². The van der Waals surface area contributed by atoms with Gasteiger partial charge in [-0.2, -0.15) is 0 Å². The van der Waals surface area contributed by atoms with Crippen LogP contribution in [0.1, 0.15) is 16.8 Å². The lowest BCUT2D eigenvalue weighted by molar-refractivity contribution is -0.118. The van der Waals surface area contributed by atoms with E-state index in [1.165, 1.54) is 0 Å². The summed E-state index contributed by atoms with van der Waals surface area (Å²) in [4.78, 5) is 21.7. The van der Waals surface area contributed by atoms with Gasteiger partial charge in [0.15, 0.2) is 12.3 Å². The van der Waals surface area contributed by atoms with Gasteiger partial charge in [0.25, 0.3) is 5.91 Å². The van der Waals surface area contributed by atoms with Gasteiger partial charge in [-0.1, -0.05) is 18.2 Å². The Bertz CT molecular complexity index is 1500. The second-order valence-corrected chi connectivity index (χ2v) is 8.17. The van der Waals surface area contributed by atoms with E-state index in [2.05, 4.69) is 15.4 Å². The lowest BCUT2D eigenvalue weighted by Crippen LogP contribution is -2.20. The van der Waals surface area contributed by atoms with E-state index in [0.717, 1.165) is 44.8 Å². The van der Waals surface area contributed by atoms with E-state index in [-0.39, 0.29) is 12.5 Å². The number of benzene rings is 1. The molecular formula is C25H24N6O2. The summed E-state index contributed by atoms with van der Waals surface area (Å²) >= 11 is 0. The highest BCUT2D eigenvalue weighted by atomic mass is 16.5. The summed E-state index contributed by atoms with van der Waals surface area (Å²) in [6, 6.07) is 13.6. The minimum atomic E-state index is -0.261. The van der Waals surface area contributed by atoms with Crippen molar-refractivity contribution in [2.24, 2.45) is 7.05 Å². The van der Waals surface area contributed by atoms with Gasteiger partial charge in [0.2, 0.25) is 5.88 Å². The number of pyridine rings is 2. The molecule has 8 heteroatoms. The molecule has 1 N–H and O–H groups in total. The number of carbonyl (C=O) groups excluding carboxylic acids is 1. The monoisotopic (exact) mass is 440 g/mol. The zero-order chi connectivity index (χ0) is 23.1. The number of nitrogens with one attached hydrogen (secondary N) is 1. The van der Waals surface area contributed by atoms with Crippen molar-refractivity contribution in [2.45, 2.75) is 20.8 Å². The number of amides is 1. The normalized spacial score (nSPS) is 11.3. The Labute approximate surface area is 190 Å². The van der Waals surface area contributed by atoms with Crippen molar-refractivity contribution in [2.75, 3.05) is 11.9 Å². The number of anilines is 1. The van der Waals surface area contributed by atoms with E-state index in [1.54, 1.807) is 4.68 Å². The summed E-state index contributed by atoms with van der Waals surface area (Å²) in [5.74, 6) is 0.146. The molecular weight excluding hydrogens is 416 g/mol. The van der Waals surface area contributed by atoms with Crippen molar-refractivity contribution in [1.29, 1.82) is 0 Å². The molecule has 5 rings (SSSR count). The lowest BCUT2D eigenvalue weighted by atomic mass is 10.1. The number of fused-ring (bicyclic) bond motifs is 2. The number of nitrogens with zero attached hydrogens (tertiary/aromatic N) is 5. The summed E-state index contributed by atoms with van der Waals surface area (Å²) in [5.41, 5.74) is 7.26. The van der Waals surface area contributed by atoms with Crippen LogP contribution in [0.2, 0.25) is 0 Å². The smallest absolute Gasteiger partial charge is 0.262 e. The molecule has 0 aliphatic carbocycles. The van der Waals surface area contributed by atoms with Crippen LogP contribution >= 0.6 is 0 Å². The summed E-state index contributed by atoms with van der Waals surface area (Å²) < 4.78 is 9.42. The fourth-order valence-corrected chi connectivity index (χ4v) is 4.00. The highest BCUT2D eigenvalue weighted by Gasteiger charge is 2.16. The fraction of sp³-hybridized carbons (Fsp3) is 0.200. The largest absolute Gasteiger partial charge is 0.466 e. The number of hydrogen-bond donors (Lipinski definition) is 1. The molecule has 0 aliphatic heterocycles. The quantitative estimate of drug-likeness (QED) is 0.442. The molecule has 0 aliphatic rings. The Hall–Kier alpha value is -4.20. The molecule has 1 aromatic carbocycles. The maximum atomic E-state index is 12.5. The minimum Gasteiger partial charge on any atom is -0.466 e. The van der Waals surface area contributed by atoms with E-state index in [0.29, 0.717) is 11.6 Å². The van der Waals surface area contributed by atoms with E-state index in [1.807, 2.05) is 87.1 Å². The van der Waals surface area contributed by atoms with E-state index < -0.39 is 0 Å². The average molecular weight is 441 g/mol. The number of imidazole rings is 1. The van der Waals surface area contributed by atoms with Gasteiger partial charge in [-0.3, -0.25) is 4.79 Å². The molecule has 166 valence electrons. The van der Waals surface area contributed by atoms with Crippen molar-refractivity contribution in [3.63, 3.8) is 0 Å². The molecule has 0 atom stereocenters. The molecule has 0 saturated heterocycles. The molecule has 33 heavy (non-hydrogen) atoms. The van der Waals surface area contributed by atoms with Gasteiger partial charge >= 0.3 is 0 Å². The van der Waals surface area contributed by atoms with Crippen molar-refractivity contribution < 1.29 is 9.53 Å². The van der Waals surface area contributed by atoms with E-state index in [9.17, 15) is 4.79 Å². The van der Waals surface area contributed by atoms with Crippen molar-refractivity contribution >= 4 is 28.3 Å². The van der Waals surface area contributed by atoms with Crippen LogP contribution in [-0.2, 0) is 11.8 Å². The highest BCUT2D eigenvalue weighted by Crippen LogP contribution is 2.27. The molecule has 0 radical (unpaired) electrons. The zero-order valence-electron chi connectivity index (χ0n) is 19.0. The fourth-order valence-electron chi connectivity index (χ4n) is 4.00. The third kappa shape index (κ3) is 3.91. The summed E-state index contributed by atoms with van der Waals surface area (Å²) in [5, 5.41) is 8.07. The number of rotatable bonds is 5. The van der Waals surface area contributed by atoms with Crippen LogP contribution in [0, 0.1) is 20.8 Å². The number of aromatic nitrogens is 5. The summed E-state index contributed by atoms with van der Waals surface area (Å²) in [6.07, 6.45) is 3.98. The van der Waals surface area contributed by atoms with Crippen molar-refractivity contribution in [1.82, 2.24) is 24.1 Å². The van der Waals surface area contributed by atoms with Crippen molar-refractivity contribution in [3.05, 3.63) is 71.7 Å². The molecule has 0 fully saturated rings. The van der Waals surface area contributed by atoms with Crippen LogP contribution in [0.3, 0.4) is 0 Å². The Morgan fingerprint density at radius 1 is 1.03 bits per heavy atom. The molecule has 0 saturated carbocycles. The Kier molecular flexibility index (Phi) is 5.05. The molecule has 8 nitrogen and oxygen atoms in total. The van der Waals surface area contributed by atoms with Gasteiger partial charge in [0, 0.05) is 36.4 Å². The van der Waals surface area contributed by atoms with Crippen molar-refractivity contribution in [3.8, 4) is 17.1 Å². The first-order valence-corrected chi connectivity index (χ1v) is 10.7. The predicted molar refractivity (Wildman–Crippen MR) is 127 cm³/mol. The maximum absolute atomic E-state index is 12.5. The molecule has 1 amide bonds. The second-order valence-electron chi connectivity index (χ2n) is 8.17. The van der Waals surface area contributed by atoms with E-state index >= 15 is 0 Å². The Morgan fingerprint density at radius 3 is 2.58 bits per heavy atom. The summed E-state index contributed by atoms with van der Waals surface area (Å²) in [7, 11) is 1.81. The zero-order valence-corrected chi connectivity index (χ0v) is 19.0. The van der Waals surface area contributed by atoms with Crippen LogP contribution in [0.25, 0.3) is 27.9 Å². The Morgan fingerprint density at radius 2 is 1.82 bits per heavy atom. The first-order chi connectivity index (χ1) is 15.9. The first-order valence-electron chi connectivity index (χ1n) is 10.7. The first kappa shape index (κ1) is 20.7. The number of hydrogen-bond acceptors (Lipinski definition) is 5. The summed E-state index contributed by atoms with van der Waals surface area (Å²) in [6.45, 7) is 5.82. The average Bonchev–Trinajstić information content (AvgIpc) is 3.35. The van der Waals surface area contributed by atoms with Crippen LogP contribution in [-0.4, -0.2) is 36.7 Å². The van der Waals surface area contributed by atoms with Crippen LogP contribution in [0.5, 0.6) is 5.88 Å².